The molecule has 19 heavy (non-hydrogen) atoms. The van der Waals surface area contributed by atoms with E-state index in [2.05, 4.69) is 17.3 Å². The second-order valence-corrected chi connectivity index (χ2v) is 5.00. The summed E-state index contributed by atoms with van der Waals surface area (Å²) >= 11 is 0. The minimum absolute atomic E-state index is 0.183. The highest BCUT2D eigenvalue weighted by atomic mass is 19.1. The number of pyridine rings is 1. The molecule has 0 saturated heterocycles. The molecule has 0 aliphatic rings. The molecule has 108 valence electrons. The Labute approximate surface area is 115 Å². The van der Waals surface area contributed by atoms with Crippen LogP contribution in [0.3, 0.4) is 0 Å². The van der Waals surface area contributed by atoms with Gasteiger partial charge in [-0.1, -0.05) is 51.9 Å². The van der Waals surface area contributed by atoms with E-state index in [9.17, 15) is 4.39 Å². The molecule has 1 aromatic rings. The summed E-state index contributed by atoms with van der Waals surface area (Å²) in [5.74, 6) is 5.21. The average Bonchev–Trinajstić information content (AvgIpc) is 2.43. The van der Waals surface area contributed by atoms with E-state index in [1.54, 1.807) is 12.3 Å². The average molecular weight is 267 g/mol. The van der Waals surface area contributed by atoms with Crippen molar-refractivity contribution in [3.8, 4) is 0 Å². The topological polar surface area (TPSA) is 50.9 Å². The summed E-state index contributed by atoms with van der Waals surface area (Å²) in [6.45, 7) is 2.22. The molecule has 1 unspecified atom stereocenters. The summed E-state index contributed by atoms with van der Waals surface area (Å²) < 4.78 is 13.6. The highest BCUT2D eigenvalue weighted by Gasteiger charge is 2.14. The van der Waals surface area contributed by atoms with E-state index in [0.29, 0.717) is 5.69 Å². The standard InChI is InChI=1S/C15H26FN3/c1-2-3-4-5-6-7-8-11-14(19-17)15-13(16)10-9-12-18-15/h9-10,12,14,19H,2-8,11,17H2,1H3. The van der Waals surface area contributed by atoms with Crippen molar-refractivity contribution in [1.29, 1.82) is 0 Å². The van der Waals surface area contributed by atoms with Crippen LogP contribution in [0, 0.1) is 5.82 Å². The summed E-state index contributed by atoms with van der Waals surface area (Å²) in [6.07, 6.45) is 11.1. The normalized spacial score (nSPS) is 12.6. The summed E-state index contributed by atoms with van der Waals surface area (Å²) in [4.78, 5) is 4.07. The van der Waals surface area contributed by atoms with Crippen LogP contribution in [0.1, 0.15) is 70.0 Å². The number of rotatable bonds is 10. The predicted octanol–water partition coefficient (Wildman–Crippen LogP) is 3.87. The number of hydrogen-bond acceptors (Lipinski definition) is 3. The van der Waals surface area contributed by atoms with E-state index in [1.165, 1.54) is 44.6 Å². The van der Waals surface area contributed by atoms with E-state index >= 15 is 0 Å². The molecular weight excluding hydrogens is 241 g/mol. The number of nitrogens with one attached hydrogen (secondary N) is 1. The van der Waals surface area contributed by atoms with Crippen molar-refractivity contribution in [3.63, 3.8) is 0 Å². The van der Waals surface area contributed by atoms with Gasteiger partial charge < -0.3 is 0 Å². The molecule has 3 N–H and O–H groups in total. The maximum absolute atomic E-state index is 13.6. The Balaban J connectivity index is 2.24. The van der Waals surface area contributed by atoms with Gasteiger partial charge in [-0.25, -0.2) is 4.39 Å². The lowest BCUT2D eigenvalue weighted by Gasteiger charge is -2.15. The summed E-state index contributed by atoms with van der Waals surface area (Å²) in [5.41, 5.74) is 3.09. The molecule has 1 aromatic heterocycles. The molecule has 3 nitrogen and oxygen atoms in total. The van der Waals surface area contributed by atoms with E-state index in [4.69, 9.17) is 5.84 Å². The Morgan fingerprint density at radius 3 is 2.53 bits per heavy atom. The first-order chi connectivity index (χ1) is 9.29. The van der Waals surface area contributed by atoms with Crippen LogP contribution < -0.4 is 11.3 Å². The fourth-order valence-electron chi connectivity index (χ4n) is 2.26. The van der Waals surface area contributed by atoms with Crippen molar-refractivity contribution in [3.05, 3.63) is 29.8 Å². The highest BCUT2D eigenvalue weighted by molar-refractivity contribution is 5.11. The molecule has 0 bridgehead atoms. The summed E-state index contributed by atoms with van der Waals surface area (Å²) in [6, 6.07) is 2.84. The zero-order valence-corrected chi connectivity index (χ0v) is 11.9. The number of halogens is 1. The van der Waals surface area contributed by atoms with Crippen LogP contribution in [-0.2, 0) is 0 Å². The van der Waals surface area contributed by atoms with E-state index < -0.39 is 0 Å². The smallest absolute Gasteiger partial charge is 0.146 e. The number of nitrogens with zero attached hydrogens (tertiary/aromatic N) is 1. The fourth-order valence-corrected chi connectivity index (χ4v) is 2.26. The van der Waals surface area contributed by atoms with Crippen LogP contribution in [0.25, 0.3) is 0 Å². The third-order valence-corrected chi connectivity index (χ3v) is 3.41. The van der Waals surface area contributed by atoms with Crippen LogP contribution in [0.15, 0.2) is 18.3 Å². The van der Waals surface area contributed by atoms with E-state index in [0.717, 1.165) is 12.8 Å². The Kier molecular flexibility index (Phi) is 8.34. The molecule has 0 aromatic carbocycles. The Bertz CT molecular complexity index is 344. The van der Waals surface area contributed by atoms with Crippen molar-refractivity contribution >= 4 is 0 Å². The van der Waals surface area contributed by atoms with Gasteiger partial charge in [0, 0.05) is 6.20 Å². The molecule has 0 amide bonds. The second-order valence-electron chi connectivity index (χ2n) is 5.00. The van der Waals surface area contributed by atoms with Crippen molar-refractivity contribution in [2.75, 3.05) is 0 Å². The monoisotopic (exact) mass is 267 g/mol. The van der Waals surface area contributed by atoms with E-state index in [1.807, 2.05) is 0 Å². The molecule has 0 aliphatic carbocycles. The van der Waals surface area contributed by atoms with Gasteiger partial charge in [0.1, 0.15) is 5.82 Å². The maximum Gasteiger partial charge on any atom is 0.146 e. The largest absolute Gasteiger partial charge is 0.271 e. The number of aromatic nitrogens is 1. The van der Waals surface area contributed by atoms with Crippen LogP contribution in [0.5, 0.6) is 0 Å². The van der Waals surface area contributed by atoms with Gasteiger partial charge in [-0.05, 0) is 18.6 Å². The van der Waals surface area contributed by atoms with Gasteiger partial charge in [-0.3, -0.25) is 16.3 Å². The summed E-state index contributed by atoms with van der Waals surface area (Å²) in [7, 11) is 0. The lowest BCUT2D eigenvalue weighted by Crippen LogP contribution is -2.29. The zero-order chi connectivity index (χ0) is 13.9. The van der Waals surface area contributed by atoms with E-state index in [-0.39, 0.29) is 11.9 Å². The fraction of sp³-hybridized carbons (Fsp3) is 0.667. The Morgan fingerprint density at radius 2 is 1.89 bits per heavy atom. The Hall–Kier alpha value is -1.00. The lowest BCUT2D eigenvalue weighted by molar-refractivity contribution is 0.446. The Morgan fingerprint density at radius 1 is 1.21 bits per heavy atom. The van der Waals surface area contributed by atoms with Gasteiger partial charge in [0.05, 0.1) is 11.7 Å². The van der Waals surface area contributed by atoms with Gasteiger partial charge in [0.25, 0.3) is 0 Å². The molecule has 0 spiro atoms. The SMILES string of the molecule is CCCCCCCCCC(NN)c1ncccc1F. The quantitative estimate of drug-likeness (QED) is 0.384. The first-order valence-electron chi connectivity index (χ1n) is 7.36. The van der Waals surface area contributed by atoms with Gasteiger partial charge in [-0.2, -0.15) is 0 Å². The van der Waals surface area contributed by atoms with Crippen molar-refractivity contribution in [2.24, 2.45) is 5.84 Å². The summed E-state index contributed by atoms with van der Waals surface area (Å²) in [5, 5.41) is 0. The highest BCUT2D eigenvalue weighted by Crippen LogP contribution is 2.20. The van der Waals surface area contributed by atoms with Crippen LogP contribution >= 0.6 is 0 Å². The van der Waals surface area contributed by atoms with Gasteiger partial charge in [-0.15, -0.1) is 0 Å². The second kappa shape index (κ2) is 9.87. The molecule has 0 saturated carbocycles. The van der Waals surface area contributed by atoms with Crippen molar-refractivity contribution in [1.82, 2.24) is 10.4 Å². The maximum atomic E-state index is 13.6. The van der Waals surface area contributed by atoms with Gasteiger partial charge in [0.2, 0.25) is 0 Å². The minimum atomic E-state index is -0.284. The first kappa shape index (κ1) is 16.1. The number of hydrazine groups is 1. The molecule has 0 aliphatic heterocycles. The lowest BCUT2D eigenvalue weighted by atomic mass is 10.0. The number of hydrogen-bond donors (Lipinski definition) is 2. The molecular formula is C15H26FN3. The van der Waals surface area contributed by atoms with Gasteiger partial charge in [0.15, 0.2) is 0 Å². The van der Waals surface area contributed by atoms with Crippen LogP contribution in [0.4, 0.5) is 4.39 Å². The minimum Gasteiger partial charge on any atom is -0.271 e. The molecule has 1 atom stereocenters. The van der Waals surface area contributed by atoms with Gasteiger partial charge >= 0.3 is 0 Å². The number of unbranched alkanes of at least 4 members (excludes halogenated alkanes) is 6. The molecule has 0 fully saturated rings. The zero-order valence-electron chi connectivity index (χ0n) is 11.9. The van der Waals surface area contributed by atoms with Crippen LogP contribution in [-0.4, -0.2) is 4.98 Å². The number of nitrogens with two attached hydrogens (primary N) is 1. The molecule has 0 radical (unpaired) electrons. The van der Waals surface area contributed by atoms with Crippen molar-refractivity contribution in [2.45, 2.75) is 64.3 Å². The molecule has 1 rings (SSSR count). The third kappa shape index (κ3) is 6.12. The predicted molar refractivity (Wildman–Crippen MR) is 76.9 cm³/mol. The third-order valence-electron chi connectivity index (χ3n) is 3.41. The van der Waals surface area contributed by atoms with Crippen LogP contribution in [0.2, 0.25) is 0 Å². The molecule has 1 heterocycles. The molecule has 4 heteroatoms. The van der Waals surface area contributed by atoms with Crippen molar-refractivity contribution < 1.29 is 4.39 Å². The first-order valence-corrected chi connectivity index (χ1v) is 7.36.